The molecule has 0 aliphatic carbocycles. The minimum absolute atomic E-state index is 0.0416. The minimum Gasteiger partial charge on any atom is -0.357 e. The standard InChI is InChI=1S/C17H32N4O2S2/c1-7-18-16(20-13(2)9-11-25(6,22)23)19-10-8-15-21-14(12-24-15)17(3,4)5/h12-13H,7-11H2,1-6H3,(H2,18,19,20). The Bertz CT molecular complexity index is 660. The second-order valence-corrected chi connectivity index (χ2v) is 10.6. The molecule has 0 aliphatic heterocycles. The molecule has 1 unspecified atom stereocenters. The Morgan fingerprint density at radius 3 is 2.60 bits per heavy atom. The maximum atomic E-state index is 11.3. The first-order chi connectivity index (χ1) is 11.5. The lowest BCUT2D eigenvalue weighted by molar-refractivity contribution is 0.570. The van der Waals surface area contributed by atoms with Gasteiger partial charge in [0.05, 0.1) is 16.5 Å². The number of hydrogen-bond acceptors (Lipinski definition) is 5. The Labute approximate surface area is 156 Å². The number of guanidine groups is 1. The summed E-state index contributed by atoms with van der Waals surface area (Å²) in [4.78, 5) is 9.26. The molecule has 1 rings (SSSR count). The van der Waals surface area contributed by atoms with Crippen LogP contribution >= 0.6 is 11.3 Å². The van der Waals surface area contributed by atoms with Crippen molar-refractivity contribution in [1.82, 2.24) is 15.6 Å². The van der Waals surface area contributed by atoms with Crippen molar-refractivity contribution in [3.63, 3.8) is 0 Å². The van der Waals surface area contributed by atoms with Crippen LogP contribution in [0.2, 0.25) is 0 Å². The van der Waals surface area contributed by atoms with E-state index in [9.17, 15) is 8.42 Å². The SMILES string of the molecule is CCNC(=NCCc1nc(C(C)(C)C)cs1)NC(C)CCS(C)(=O)=O. The second-order valence-electron chi connectivity index (χ2n) is 7.35. The van der Waals surface area contributed by atoms with Gasteiger partial charge in [0.25, 0.3) is 0 Å². The summed E-state index contributed by atoms with van der Waals surface area (Å²) in [6.45, 7) is 11.9. The molecule has 1 atom stereocenters. The van der Waals surface area contributed by atoms with E-state index >= 15 is 0 Å². The van der Waals surface area contributed by atoms with E-state index in [-0.39, 0.29) is 17.2 Å². The first kappa shape index (κ1) is 21.9. The fourth-order valence-corrected chi connectivity index (χ4v) is 3.85. The van der Waals surface area contributed by atoms with Crippen LogP contribution in [0, 0.1) is 0 Å². The van der Waals surface area contributed by atoms with Crippen molar-refractivity contribution in [2.45, 2.75) is 58.9 Å². The Kier molecular flexibility index (Phi) is 8.34. The number of rotatable bonds is 8. The number of hydrogen-bond donors (Lipinski definition) is 2. The molecule has 0 saturated carbocycles. The molecule has 0 amide bonds. The molecule has 1 aromatic heterocycles. The van der Waals surface area contributed by atoms with Gasteiger partial charge >= 0.3 is 0 Å². The van der Waals surface area contributed by atoms with Gasteiger partial charge in [0.15, 0.2) is 5.96 Å². The Balaban J connectivity index is 2.56. The van der Waals surface area contributed by atoms with Crippen molar-refractivity contribution in [2.24, 2.45) is 4.99 Å². The van der Waals surface area contributed by atoms with Gasteiger partial charge in [0.1, 0.15) is 9.84 Å². The monoisotopic (exact) mass is 388 g/mol. The molecule has 144 valence electrons. The topological polar surface area (TPSA) is 83.4 Å². The third kappa shape index (κ3) is 9.21. The molecular formula is C17H32N4O2S2. The first-order valence-corrected chi connectivity index (χ1v) is 11.6. The summed E-state index contributed by atoms with van der Waals surface area (Å²) in [5, 5.41) is 9.68. The summed E-state index contributed by atoms with van der Waals surface area (Å²) >= 11 is 1.68. The van der Waals surface area contributed by atoms with Gasteiger partial charge in [0.2, 0.25) is 0 Å². The average molecular weight is 389 g/mol. The average Bonchev–Trinajstić information content (AvgIpc) is 2.93. The molecule has 1 heterocycles. The molecule has 8 heteroatoms. The molecule has 0 aliphatic rings. The van der Waals surface area contributed by atoms with Crippen LogP contribution in [0.4, 0.5) is 0 Å². The third-order valence-corrected chi connectivity index (χ3v) is 5.45. The van der Waals surface area contributed by atoms with Crippen LogP contribution in [-0.4, -0.2) is 50.5 Å². The fourth-order valence-electron chi connectivity index (χ4n) is 2.05. The van der Waals surface area contributed by atoms with Crippen LogP contribution in [0.15, 0.2) is 10.4 Å². The zero-order valence-corrected chi connectivity index (χ0v) is 17.9. The molecule has 0 bridgehead atoms. The predicted octanol–water partition coefficient (Wildman–Crippen LogP) is 2.36. The van der Waals surface area contributed by atoms with Crippen LogP contribution in [0.3, 0.4) is 0 Å². The second kappa shape index (κ2) is 9.52. The number of thiazole rings is 1. The zero-order valence-electron chi connectivity index (χ0n) is 16.2. The normalized spacial score (nSPS) is 14.4. The molecule has 0 aromatic carbocycles. The van der Waals surface area contributed by atoms with Crippen LogP contribution < -0.4 is 10.6 Å². The highest BCUT2D eigenvalue weighted by Crippen LogP contribution is 2.23. The largest absolute Gasteiger partial charge is 0.357 e. The van der Waals surface area contributed by atoms with Gasteiger partial charge in [-0.15, -0.1) is 11.3 Å². The first-order valence-electron chi connectivity index (χ1n) is 8.68. The molecule has 2 N–H and O–H groups in total. The van der Waals surface area contributed by atoms with E-state index in [2.05, 4.69) is 46.8 Å². The molecule has 1 aromatic rings. The fraction of sp³-hybridized carbons (Fsp3) is 0.765. The van der Waals surface area contributed by atoms with Gasteiger partial charge in [-0.05, 0) is 20.3 Å². The van der Waals surface area contributed by atoms with Gasteiger partial charge in [0, 0.05) is 42.6 Å². The number of sulfone groups is 1. The number of nitrogens with zero attached hydrogens (tertiary/aromatic N) is 2. The van der Waals surface area contributed by atoms with Crippen LogP contribution in [0.5, 0.6) is 0 Å². The minimum atomic E-state index is -2.94. The van der Waals surface area contributed by atoms with E-state index < -0.39 is 9.84 Å². The molecule has 0 radical (unpaired) electrons. The van der Waals surface area contributed by atoms with Crippen molar-refractivity contribution >= 4 is 27.1 Å². The molecule has 6 nitrogen and oxygen atoms in total. The van der Waals surface area contributed by atoms with Crippen LogP contribution in [0.25, 0.3) is 0 Å². The Hall–Kier alpha value is -1.15. The summed E-state index contributed by atoms with van der Waals surface area (Å²) < 4.78 is 22.5. The van der Waals surface area contributed by atoms with Gasteiger partial charge in [-0.1, -0.05) is 20.8 Å². The summed E-state index contributed by atoms with van der Waals surface area (Å²) in [5.74, 6) is 0.894. The third-order valence-electron chi connectivity index (χ3n) is 3.56. The lowest BCUT2D eigenvalue weighted by Gasteiger charge is -2.17. The van der Waals surface area contributed by atoms with Crippen molar-refractivity contribution in [2.75, 3.05) is 25.1 Å². The van der Waals surface area contributed by atoms with E-state index in [0.717, 1.165) is 29.6 Å². The van der Waals surface area contributed by atoms with Gasteiger partial charge < -0.3 is 10.6 Å². The Morgan fingerprint density at radius 1 is 1.40 bits per heavy atom. The summed E-state index contributed by atoms with van der Waals surface area (Å²) in [6.07, 6.45) is 2.62. The quantitative estimate of drug-likeness (QED) is 0.528. The maximum absolute atomic E-state index is 11.3. The lowest BCUT2D eigenvalue weighted by atomic mass is 9.93. The van der Waals surface area contributed by atoms with Crippen molar-refractivity contribution < 1.29 is 8.42 Å². The van der Waals surface area contributed by atoms with E-state index in [1.807, 2.05) is 13.8 Å². The van der Waals surface area contributed by atoms with E-state index in [1.54, 1.807) is 11.3 Å². The van der Waals surface area contributed by atoms with Crippen molar-refractivity contribution in [3.05, 3.63) is 16.1 Å². The zero-order chi connectivity index (χ0) is 19.1. The van der Waals surface area contributed by atoms with Crippen molar-refractivity contribution in [3.8, 4) is 0 Å². The highest BCUT2D eigenvalue weighted by Gasteiger charge is 2.17. The smallest absolute Gasteiger partial charge is 0.191 e. The summed E-state index contributed by atoms with van der Waals surface area (Å²) in [7, 11) is -2.94. The molecule has 0 fully saturated rings. The number of nitrogens with one attached hydrogen (secondary N) is 2. The Morgan fingerprint density at radius 2 is 2.08 bits per heavy atom. The van der Waals surface area contributed by atoms with Gasteiger partial charge in [-0.2, -0.15) is 0 Å². The van der Waals surface area contributed by atoms with Gasteiger partial charge in [-0.3, -0.25) is 4.99 Å². The van der Waals surface area contributed by atoms with Crippen molar-refractivity contribution in [1.29, 1.82) is 0 Å². The number of aromatic nitrogens is 1. The van der Waals surface area contributed by atoms with Crippen LogP contribution in [-0.2, 0) is 21.7 Å². The lowest BCUT2D eigenvalue weighted by Crippen LogP contribution is -2.43. The summed E-state index contributed by atoms with van der Waals surface area (Å²) in [6, 6.07) is 0.0416. The maximum Gasteiger partial charge on any atom is 0.191 e. The molecule has 0 saturated heterocycles. The van der Waals surface area contributed by atoms with E-state index in [4.69, 9.17) is 0 Å². The molecule has 25 heavy (non-hydrogen) atoms. The highest BCUT2D eigenvalue weighted by molar-refractivity contribution is 7.90. The van der Waals surface area contributed by atoms with E-state index in [0.29, 0.717) is 13.0 Å². The highest BCUT2D eigenvalue weighted by atomic mass is 32.2. The number of aliphatic imine (C=N–C) groups is 1. The van der Waals surface area contributed by atoms with E-state index in [1.165, 1.54) is 6.26 Å². The van der Waals surface area contributed by atoms with Crippen LogP contribution in [0.1, 0.15) is 51.7 Å². The molecule has 0 spiro atoms. The summed E-state index contributed by atoms with van der Waals surface area (Å²) in [5.41, 5.74) is 1.19. The predicted molar refractivity (Wildman–Crippen MR) is 107 cm³/mol. The molecular weight excluding hydrogens is 356 g/mol. The van der Waals surface area contributed by atoms with Gasteiger partial charge in [-0.25, -0.2) is 13.4 Å².